The van der Waals surface area contributed by atoms with Crippen LogP contribution in [-0.2, 0) is 4.79 Å². The number of fused-ring (bicyclic) bond motifs is 1. The summed E-state index contributed by atoms with van der Waals surface area (Å²) < 4.78 is 15.8. The van der Waals surface area contributed by atoms with Crippen LogP contribution in [0, 0.1) is 0 Å². The van der Waals surface area contributed by atoms with Crippen molar-refractivity contribution in [2.24, 2.45) is 0 Å². The molecule has 7 heteroatoms. The average Bonchev–Trinajstić information content (AvgIpc) is 2.94. The Morgan fingerprint density at radius 3 is 2.70 bits per heavy atom. The predicted octanol–water partition coefficient (Wildman–Crippen LogP) is 3.51. The molecule has 1 heterocycles. The zero-order valence-electron chi connectivity index (χ0n) is 12.2. The number of hydrogen-bond acceptors (Lipinski definition) is 5. The number of anilines is 1. The van der Waals surface area contributed by atoms with E-state index in [-0.39, 0.29) is 18.5 Å². The number of hydrogen-bond donors (Lipinski definition) is 1. The van der Waals surface area contributed by atoms with Crippen LogP contribution in [0.3, 0.4) is 0 Å². The van der Waals surface area contributed by atoms with Gasteiger partial charge in [0, 0.05) is 11.1 Å². The van der Waals surface area contributed by atoms with Gasteiger partial charge in [-0.3, -0.25) is 10.1 Å². The molecule has 0 saturated heterocycles. The van der Waals surface area contributed by atoms with Crippen LogP contribution in [0.15, 0.2) is 46.9 Å². The van der Waals surface area contributed by atoms with Crippen molar-refractivity contribution in [3.05, 3.63) is 47.5 Å². The zero-order valence-corrected chi connectivity index (χ0v) is 13.0. The van der Waals surface area contributed by atoms with E-state index in [0.29, 0.717) is 27.6 Å². The number of halogens is 1. The lowest BCUT2D eigenvalue weighted by atomic mass is 10.3. The average molecular weight is 333 g/mol. The minimum absolute atomic E-state index is 0.102. The number of rotatable bonds is 5. The van der Waals surface area contributed by atoms with Crippen molar-refractivity contribution in [3.8, 4) is 11.5 Å². The molecule has 1 amide bonds. The first-order chi connectivity index (χ1) is 11.1. The number of amides is 1. The van der Waals surface area contributed by atoms with Crippen molar-refractivity contribution < 1.29 is 18.7 Å². The van der Waals surface area contributed by atoms with E-state index in [1.807, 2.05) is 0 Å². The maximum Gasteiger partial charge on any atom is 0.302 e. The smallest absolute Gasteiger partial charge is 0.302 e. The van der Waals surface area contributed by atoms with Crippen molar-refractivity contribution >= 4 is 34.6 Å². The maximum absolute atomic E-state index is 11.9. The lowest BCUT2D eigenvalue weighted by molar-refractivity contribution is -0.118. The molecule has 0 radical (unpaired) electrons. The highest BCUT2D eigenvalue weighted by Gasteiger charge is 2.10. The van der Waals surface area contributed by atoms with E-state index < -0.39 is 0 Å². The van der Waals surface area contributed by atoms with Crippen LogP contribution in [0.5, 0.6) is 11.5 Å². The second kappa shape index (κ2) is 6.58. The van der Waals surface area contributed by atoms with Crippen molar-refractivity contribution in [1.29, 1.82) is 0 Å². The molecule has 0 fully saturated rings. The third kappa shape index (κ3) is 3.73. The molecule has 3 rings (SSSR count). The summed E-state index contributed by atoms with van der Waals surface area (Å²) in [6.45, 7) is -0.161. The van der Waals surface area contributed by atoms with E-state index in [9.17, 15) is 4.79 Å². The second-order valence-electron chi connectivity index (χ2n) is 4.64. The molecule has 0 atom stereocenters. The van der Waals surface area contributed by atoms with Gasteiger partial charge >= 0.3 is 6.01 Å². The van der Waals surface area contributed by atoms with E-state index in [2.05, 4.69) is 10.3 Å². The van der Waals surface area contributed by atoms with Crippen LogP contribution in [0.1, 0.15) is 0 Å². The molecule has 3 aromatic rings. The summed E-state index contributed by atoms with van der Waals surface area (Å²) in [6, 6.07) is 12.1. The number of carbonyl (C=O) groups excluding carboxylic acids is 1. The Hall–Kier alpha value is -2.73. The first-order valence-electron chi connectivity index (χ1n) is 6.77. The standard InChI is InChI=1S/C16H13ClN2O4/c1-21-11-3-5-12(6-4-11)22-9-15(20)19-16-18-13-7-2-10(17)8-14(13)23-16/h2-8H,9H2,1H3,(H,18,19,20). The largest absolute Gasteiger partial charge is 0.497 e. The number of nitrogens with one attached hydrogen (secondary N) is 1. The SMILES string of the molecule is COc1ccc(OCC(=O)Nc2nc3ccc(Cl)cc3o2)cc1. The summed E-state index contributed by atoms with van der Waals surface area (Å²) in [5, 5.41) is 3.07. The van der Waals surface area contributed by atoms with Crippen LogP contribution in [0.2, 0.25) is 5.02 Å². The van der Waals surface area contributed by atoms with Gasteiger partial charge in [0.2, 0.25) is 0 Å². The fraction of sp³-hybridized carbons (Fsp3) is 0.125. The van der Waals surface area contributed by atoms with E-state index in [4.69, 9.17) is 25.5 Å². The molecule has 1 aromatic heterocycles. The molecule has 6 nitrogen and oxygen atoms in total. The Bertz CT molecular complexity index is 830. The van der Waals surface area contributed by atoms with Crippen LogP contribution < -0.4 is 14.8 Å². The third-order valence-corrected chi connectivity index (χ3v) is 3.26. The van der Waals surface area contributed by atoms with Crippen molar-refractivity contribution in [1.82, 2.24) is 4.98 Å². The molecule has 0 bridgehead atoms. The third-order valence-electron chi connectivity index (χ3n) is 3.03. The Kier molecular flexibility index (Phi) is 4.34. The van der Waals surface area contributed by atoms with Gasteiger partial charge in [-0.2, -0.15) is 4.98 Å². The molecule has 0 aliphatic rings. The molecular formula is C16H13ClN2O4. The Morgan fingerprint density at radius 2 is 1.96 bits per heavy atom. The monoisotopic (exact) mass is 332 g/mol. The number of oxazole rings is 1. The van der Waals surface area contributed by atoms with Gasteiger partial charge in [-0.25, -0.2) is 0 Å². The Balaban J connectivity index is 1.59. The van der Waals surface area contributed by atoms with Crippen LogP contribution in [0.25, 0.3) is 11.1 Å². The molecular weight excluding hydrogens is 320 g/mol. The highest BCUT2D eigenvalue weighted by molar-refractivity contribution is 6.31. The quantitative estimate of drug-likeness (QED) is 0.774. The predicted molar refractivity (Wildman–Crippen MR) is 86.1 cm³/mol. The molecule has 2 aromatic carbocycles. The minimum atomic E-state index is -0.376. The number of aromatic nitrogens is 1. The lowest BCUT2D eigenvalue weighted by Gasteiger charge is -2.06. The van der Waals surface area contributed by atoms with E-state index >= 15 is 0 Å². The first-order valence-corrected chi connectivity index (χ1v) is 7.14. The van der Waals surface area contributed by atoms with Gasteiger partial charge in [-0.15, -0.1) is 0 Å². The van der Waals surface area contributed by atoms with Crippen LogP contribution in [-0.4, -0.2) is 24.6 Å². The summed E-state index contributed by atoms with van der Waals surface area (Å²) in [5.74, 6) is 0.899. The van der Waals surface area contributed by atoms with Gasteiger partial charge in [0.25, 0.3) is 5.91 Å². The first kappa shape index (κ1) is 15.2. The molecule has 0 saturated carbocycles. The number of nitrogens with zero attached hydrogens (tertiary/aromatic N) is 1. The summed E-state index contributed by atoms with van der Waals surface area (Å²) in [5.41, 5.74) is 1.12. The fourth-order valence-electron chi connectivity index (χ4n) is 1.93. The maximum atomic E-state index is 11.9. The van der Waals surface area contributed by atoms with Gasteiger partial charge in [0.05, 0.1) is 7.11 Å². The molecule has 0 aliphatic carbocycles. The normalized spacial score (nSPS) is 10.5. The van der Waals surface area contributed by atoms with Gasteiger partial charge in [-0.05, 0) is 36.4 Å². The summed E-state index contributed by atoms with van der Waals surface area (Å²) in [7, 11) is 1.58. The zero-order chi connectivity index (χ0) is 16.2. The molecule has 0 unspecified atom stereocenters. The van der Waals surface area contributed by atoms with E-state index in [1.54, 1.807) is 49.6 Å². The Labute approximate surface area is 137 Å². The van der Waals surface area contributed by atoms with Crippen molar-refractivity contribution in [3.63, 3.8) is 0 Å². The van der Waals surface area contributed by atoms with E-state index in [1.165, 1.54) is 0 Å². The van der Waals surface area contributed by atoms with E-state index in [0.717, 1.165) is 0 Å². The van der Waals surface area contributed by atoms with Gasteiger partial charge in [0.15, 0.2) is 12.2 Å². The van der Waals surface area contributed by atoms with Crippen molar-refractivity contribution in [2.75, 3.05) is 19.0 Å². The minimum Gasteiger partial charge on any atom is -0.497 e. The lowest BCUT2D eigenvalue weighted by Crippen LogP contribution is -2.20. The molecule has 118 valence electrons. The summed E-state index contributed by atoms with van der Waals surface area (Å²) >= 11 is 5.87. The van der Waals surface area contributed by atoms with Gasteiger partial charge in [-0.1, -0.05) is 11.6 Å². The number of methoxy groups -OCH3 is 1. The topological polar surface area (TPSA) is 73.6 Å². The molecule has 0 aliphatic heterocycles. The summed E-state index contributed by atoms with van der Waals surface area (Å²) in [6.07, 6.45) is 0. The highest BCUT2D eigenvalue weighted by atomic mass is 35.5. The highest BCUT2D eigenvalue weighted by Crippen LogP contribution is 2.22. The second-order valence-corrected chi connectivity index (χ2v) is 5.08. The number of carbonyl (C=O) groups is 1. The van der Waals surface area contributed by atoms with Crippen LogP contribution >= 0.6 is 11.6 Å². The molecule has 0 spiro atoms. The molecule has 1 N–H and O–H groups in total. The number of ether oxygens (including phenoxy) is 2. The van der Waals surface area contributed by atoms with Crippen LogP contribution in [0.4, 0.5) is 6.01 Å². The fourth-order valence-corrected chi connectivity index (χ4v) is 2.09. The van der Waals surface area contributed by atoms with Gasteiger partial charge in [0.1, 0.15) is 17.0 Å². The Morgan fingerprint density at radius 1 is 1.22 bits per heavy atom. The molecule has 23 heavy (non-hydrogen) atoms. The summed E-state index contributed by atoms with van der Waals surface area (Å²) in [4.78, 5) is 16.0. The van der Waals surface area contributed by atoms with Crippen molar-refractivity contribution in [2.45, 2.75) is 0 Å². The number of benzene rings is 2. The van der Waals surface area contributed by atoms with Gasteiger partial charge < -0.3 is 13.9 Å².